The highest BCUT2D eigenvalue weighted by molar-refractivity contribution is 14.1. The third-order valence-electron chi connectivity index (χ3n) is 1.89. The second kappa shape index (κ2) is 6.23. The van der Waals surface area contributed by atoms with Gasteiger partial charge in [-0.25, -0.2) is 0 Å². The predicted molar refractivity (Wildman–Crippen MR) is 60.0 cm³/mol. The largest absolute Gasteiger partial charge is 0.317 e. The van der Waals surface area contributed by atoms with E-state index in [1.807, 2.05) is 0 Å². The summed E-state index contributed by atoms with van der Waals surface area (Å²) in [6.07, 6.45) is 7.39. The van der Waals surface area contributed by atoms with E-state index in [9.17, 15) is 0 Å². The van der Waals surface area contributed by atoms with Crippen LogP contribution in [0.4, 0.5) is 0 Å². The van der Waals surface area contributed by atoms with E-state index in [0.29, 0.717) is 0 Å². The van der Waals surface area contributed by atoms with Gasteiger partial charge < -0.3 is 5.73 Å². The van der Waals surface area contributed by atoms with E-state index in [2.05, 4.69) is 36.4 Å². The van der Waals surface area contributed by atoms with Gasteiger partial charge in [-0.2, -0.15) is 0 Å². The summed E-state index contributed by atoms with van der Waals surface area (Å²) in [5.74, 6) is 0. The first kappa shape index (κ1) is 11.7. The number of hydrogen-bond donors (Lipinski definition) is 1. The fraction of sp³-hybridized carbons (Fsp3) is 1.00. The molecule has 0 heterocycles. The lowest BCUT2D eigenvalue weighted by atomic mass is 10.1. The molecule has 2 heteroatoms. The minimum absolute atomic E-state index is 0.0732. The van der Waals surface area contributed by atoms with Gasteiger partial charge in [0.1, 0.15) is 0 Å². The smallest absolute Gasteiger partial charge is 0.0680 e. The van der Waals surface area contributed by atoms with Crippen LogP contribution in [0, 0.1) is 0 Å². The van der Waals surface area contributed by atoms with E-state index in [1.165, 1.54) is 38.5 Å². The molecule has 0 rings (SSSR count). The Morgan fingerprint density at radius 3 is 1.73 bits per heavy atom. The third-order valence-corrected chi connectivity index (χ3v) is 2.97. The van der Waals surface area contributed by atoms with E-state index in [-0.39, 0.29) is 3.55 Å². The molecule has 0 spiro atoms. The topological polar surface area (TPSA) is 26.0 Å². The molecule has 0 aromatic carbocycles. The van der Waals surface area contributed by atoms with Crippen molar-refractivity contribution in [2.75, 3.05) is 0 Å². The van der Waals surface area contributed by atoms with Crippen LogP contribution in [0.15, 0.2) is 0 Å². The van der Waals surface area contributed by atoms with Gasteiger partial charge in [-0.3, -0.25) is 0 Å². The number of alkyl halides is 1. The molecule has 0 saturated carbocycles. The van der Waals surface area contributed by atoms with E-state index < -0.39 is 0 Å². The zero-order chi connectivity index (χ0) is 8.74. The molecule has 1 nitrogen and oxygen atoms in total. The van der Waals surface area contributed by atoms with Gasteiger partial charge in [0.2, 0.25) is 0 Å². The van der Waals surface area contributed by atoms with Gasteiger partial charge in [0.05, 0.1) is 3.55 Å². The lowest BCUT2D eigenvalue weighted by Gasteiger charge is -2.21. The van der Waals surface area contributed by atoms with Crippen LogP contribution in [-0.2, 0) is 0 Å². The Labute approximate surface area is 84.3 Å². The minimum atomic E-state index is 0.0732. The maximum atomic E-state index is 6.08. The molecule has 0 amide bonds. The Balaban J connectivity index is 3.43. The summed E-state index contributed by atoms with van der Waals surface area (Å²) >= 11 is 2.40. The van der Waals surface area contributed by atoms with Gasteiger partial charge in [0.25, 0.3) is 0 Å². The molecule has 0 aliphatic heterocycles. The van der Waals surface area contributed by atoms with E-state index in [4.69, 9.17) is 5.73 Å². The molecular weight excluding hydrogens is 249 g/mol. The first-order valence-electron chi connectivity index (χ1n) is 4.60. The molecular formula is C9H20IN. The maximum Gasteiger partial charge on any atom is 0.0680 e. The lowest BCUT2D eigenvalue weighted by molar-refractivity contribution is 0.500. The minimum Gasteiger partial charge on any atom is -0.317 e. The van der Waals surface area contributed by atoms with Crippen LogP contribution in [0.25, 0.3) is 0 Å². The molecule has 0 unspecified atom stereocenters. The van der Waals surface area contributed by atoms with Crippen LogP contribution < -0.4 is 5.73 Å². The monoisotopic (exact) mass is 269 g/mol. The Kier molecular flexibility index (Phi) is 6.62. The van der Waals surface area contributed by atoms with E-state index in [1.54, 1.807) is 0 Å². The Morgan fingerprint density at radius 2 is 1.45 bits per heavy atom. The molecule has 2 N–H and O–H groups in total. The van der Waals surface area contributed by atoms with E-state index in [0.717, 1.165) is 0 Å². The van der Waals surface area contributed by atoms with Crippen molar-refractivity contribution < 1.29 is 0 Å². The van der Waals surface area contributed by atoms with Gasteiger partial charge in [-0.15, -0.1) is 0 Å². The fourth-order valence-electron chi connectivity index (χ4n) is 1.07. The molecule has 0 saturated heterocycles. The van der Waals surface area contributed by atoms with Crippen LogP contribution in [0.5, 0.6) is 0 Å². The molecule has 0 atom stereocenters. The molecule has 0 bridgehead atoms. The summed E-state index contributed by atoms with van der Waals surface area (Å²) in [6, 6.07) is 0. The standard InChI is InChI=1S/C9H20IN/c1-3-5-7-9(10,11)8-6-4-2/h3-8,11H2,1-2H3. The van der Waals surface area contributed by atoms with Crippen LogP contribution in [0.2, 0.25) is 0 Å². The lowest BCUT2D eigenvalue weighted by Crippen LogP contribution is -2.31. The van der Waals surface area contributed by atoms with Gasteiger partial charge in [0, 0.05) is 0 Å². The van der Waals surface area contributed by atoms with Crippen molar-refractivity contribution in [1.29, 1.82) is 0 Å². The SMILES string of the molecule is CCCCC(N)(I)CCCC. The average Bonchev–Trinajstić information content (AvgIpc) is 1.97. The van der Waals surface area contributed by atoms with Gasteiger partial charge in [-0.1, -0.05) is 62.1 Å². The van der Waals surface area contributed by atoms with Crippen molar-refractivity contribution >= 4 is 22.6 Å². The predicted octanol–water partition coefficient (Wildman–Crippen LogP) is 3.46. The maximum absolute atomic E-state index is 6.08. The second-order valence-corrected chi connectivity index (χ2v) is 5.39. The third kappa shape index (κ3) is 7.06. The first-order chi connectivity index (χ1) is 5.12. The summed E-state index contributed by atoms with van der Waals surface area (Å²) in [6.45, 7) is 4.43. The van der Waals surface area contributed by atoms with Crippen LogP contribution in [-0.4, -0.2) is 3.55 Å². The van der Waals surface area contributed by atoms with E-state index >= 15 is 0 Å². The van der Waals surface area contributed by atoms with Crippen LogP contribution >= 0.6 is 22.6 Å². The van der Waals surface area contributed by atoms with Gasteiger partial charge >= 0.3 is 0 Å². The van der Waals surface area contributed by atoms with Crippen molar-refractivity contribution in [3.8, 4) is 0 Å². The summed E-state index contributed by atoms with van der Waals surface area (Å²) in [4.78, 5) is 0. The molecule has 0 aliphatic rings. The summed E-state index contributed by atoms with van der Waals surface area (Å²) in [5, 5.41) is 0. The molecule has 0 aromatic heterocycles. The van der Waals surface area contributed by atoms with Crippen molar-refractivity contribution in [3.63, 3.8) is 0 Å². The van der Waals surface area contributed by atoms with Gasteiger partial charge in [-0.05, 0) is 12.8 Å². The molecule has 0 fully saturated rings. The average molecular weight is 269 g/mol. The second-order valence-electron chi connectivity index (χ2n) is 3.24. The summed E-state index contributed by atoms with van der Waals surface area (Å²) in [5.41, 5.74) is 6.08. The fourth-order valence-corrected chi connectivity index (χ4v) is 1.83. The highest BCUT2D eigenvalue weighted by atomic mass is 127. The molecule has 0 aromatic rings. The Morgan fingerprint density at radius 1 is 1.09 bits per heavy atom. The quantitative estimate of drug-likeness (QED) is 0.446. The molecule has 11 heavy (non-hydrogen) atoms. The highest BCUT2D eigenvalue weighted by Crippen LogP contribution is 2.25. The zero-order valence-electron chi connectivity index (χ0n) is 7.70. The van der Waals surface area contributed by atoms with Gasteiger partial charge in [0.15, 0.2) is 0 Å². The zero-order valence-corrected chi connectivity index (χ0v) is 9.86. The highest BCUT2D eigenvalue weighted by Gasteiger charge is 2.18. The number of unbranched alkanes of at least 4 members (excludes halogenated alkanes) is 2. The van der Waals surface area contributed by atoms with Crippen molar-refractivity contribution in [2.45, 2.75) is 55.9 Å². The molecule has 68 valence electrons. The van der Waals surface area contributed by atoms with Crippen molar-refractivity contribution in [1.82, 2.24) is 0 Å². The Hall–Kier alpha value is 0.690. The normalized spacial score (nSPS) is 12.0. The summed E-state index contributed by atoms with van der Waals surface area (Å²) < 4.78 is 0.0732. The van der Waals surface area contributed by atoms with Crippen LogP contribution in [0.3, 0.4) is 0 Å². The number of rotatable bonds is 6. The molecule has 0 aliphatic carbocycles. The summed E-state index contributed by atoms with van der Waals surface area (Å²) in [7, 11) is 0. The number of hydrogen-bond acceptors (Lipinski definition) is 1. The number of nitrogens with two attached hydrogens (primary N) is 1. The first-order valence-corrected chi connectivity index (χ1v) is 5.68. The number of halogens is 1. The van der Waals surface area contributed by atoms with Crippen molar-refractivity contribution in [3.05, 3.63) is 0 Å². The van der Waals surface area contributed by atoms with Crippen molar-refractivity contribution in [2.24, 2.45) is 5.73 Å². The molecule has 0 radical (unpaired) electrons. The Bertz CT molecular complexity index is 81.6. The van der Waals surface area contributed by atoms with Crippen LogP contribution in [0.1, 0.15) is 52.4 Å².